The van der Waals surface area contributed by atoms with Crippen LogP contribution in [0.2, 0.25) is 10.0 Å². The predicted octanol–water partition coefficient (Wildman–Crippen LogP) is 6.48. The van der Waals surface area contributed by atoms with Crippen LogP contribution >= 0.6 is 34.5 Å². The van der Waals surface area contributed by atoms with Crippen LogP contribution in [-0.2, 0) is 11.3 Å². The summed E-state index contributed by atoms with van der Waals surface area (Å²) < 4.78 is 7.14. The molecule has 0 radical (unpaired) electrons. The van der Waals surface area contributed by atoms with Crippen molar-refractivity contribution in [2.24, 2.45) is 5.92 Å². The third-order valence-corrected chi connectivity index (χ3v) is 9.16. The molecule has 0 unspecified atom stereocenters. The zero-order valence-electron chi connectivity index (χ0n) is 24.0. The second-order valence-electron chi connectivity index (χ2n) is 11.0. The summed E-state index contributed by atoms with van der Waals surface area (Å²) in [5.41, 5.74) is 7.89. The van der Waals surface area contributed by atoms with Gasteiger partial charge in [-0.15, -0.1) is 11.3 Å². The lowest BCUT2D eigenvalue weighted by atomic mass is 10.1. The van der Waals surface area contributed by atoms with E-state index in [9.17, 15) is 4.79 Å². The molecule has 4 aromatic rings. The molecule has 2 saturated heterocycles. The van der Waals surface area contributed by atoms with Crippen molar-refractivity contribution in [1.82, 2.24) is 25.5 Å². The lowest BCUT2D eigenvalue weighted by Crippen LogP contribution is -2.45. The number of aryl methyl sites for hydroxylation is 1. The van der Waals surface area contributed by atoms with Crippen LogP contribution in [-0.4, -0.2) is 53.5 Å². The lowest BCUT2D eigenvalue weighted by molar-refractivity contribution is -0.0307. The number of nitrogens with zero attached hydrogens (tertiary/aromatic N) is 3. The minimum absolute atomic E-state index is 0.230. The van der Waals surface area contributed by atoms with Gasteiger partial charge in [0, 0.05) is 48.2 Å². The van der Waals surface area contributed by atoms with Gasteiger partial charge in [0.25, 0.3) is 5.91 Å². The van der Waals surface area contributed by atoms with Crippen molar-refractivity contribution < 1.29 is 9.53 Å². The van der Waals surface area contributed by atoms with Gasteiger partial charge in [-0.25, -0.2) is 9.69 Å². The number of nitrogens with one attached hydrogen (secondary N) is 2. The maximum absolute atomic E-state index is 13.8. The Morgan fingerprint density at radius 1 is 1.05 bits per heavy atom. The molecular formula is C33H33Cl2N5O2S. The molecule has 2 aromatic heterocycles. The Labute approximate surface area is 266 Å². The summed E-state index contributed by atoms with van der Waals surface area (Å²) in [6.07, 6.45) is 3.29. The Morgan fingerprint density at radius 2 is 1.84 bits per heavy atom. The Balaban J connectivity index is 1.41. The first-order valence-corrected chi connectivity index (χ1v) is 16.1. The number of aromatic nitrogens is 2. The number of thiophene rings is 1. The summed E-state index contributed by atoms with van der Waals surface area (Å²) in [4.78, 5) is 15.7. The summed E-state index contributed by atoms with van der Waals surface area (Å²) in [5.74, 6) is 6.80. The summed E-state index contributed by atoms with van der Waals surface area (Å²) in [7, 11) is 0. The Hall–Kier alpha value is -3.16. The second kappa shape index (κ2) is 13.6. The van der Waals surface area contributed by atoms with Gasteiger partial charge >= 0.3 is 0 Å². The summed E-state index contributed by atoms with van der Waals surface area (Å²) >= 11 is 14.5. The van der Waals surface area contributed by atoms with E-state index in [1.807, 2.05) is 35.3 Å². The average Bonchev–Trinajstić information content (AvgIpc) is 3.59. The first-order chi connectivity index (χ1) is 20.9. The van der Waals surface area contributed by atoms with Crippen LogP contribution in [0, 0.1) is 24.7 Å². The Kier molecular flexibility index (Phi) is 9.49. The van der Waals surface area contributed by atoms with Crippen LogP contribution < -0.4 is 10.7 Å². The monoisotopic (exact) mass is 633 g/mol. The predicted molar refractivity (Wildman–Crippen MR) is 173 cm³/mol. The third-order valence-electron chi connectivity index (χ3n) is 7.62. The zero-order valence-corrected chi connectivity index (χ0v) is 26.3. The first kappa shape index (κ1) is 29.9. The molecule has 0 atom stereocenters. The molecule has 7 nitrogen and oxygen atoms in total. The molecule has 2 fully saturated rings. The second-order valence-corrected chi connectivity index (χ2v) is 12.9. The van der Waals surface area contributed by atoms with Crippen molar-refractivity contribution in [3.8, 4) is 28.1 Å². The number of ether oxygens (including phenoxy) is 1. The molecule has 0 bridgehead atoms. The van der Waals surface area contributed by atoms with E-state index in [0.717, 1.165) is 72.3 Å². The largest absolute Gasteiger partial charge is 0.381 e. The molecular weight excluding hydrogens is 601 g/mol. The molecule has 1 amide bonds. The number of benzene rings is 2. The van der Waals surface area contributed by atoms with Gasteiger partial charge in [-0.3, -0.25) is 10.2 Å². The molecule has 0 spiro atoms. The van der Waals surface area contributed by atoms with Gasteiger partial charge < -0.3 is 10.1 Å². The van der Waals surface area contributed by atoms with Gasteiger partial charge in [0.15, 0.2) is 5.69 Å². The van der Waals surface area contributed by atoms with Gasteiger partial charge in [-0.2, -0.15) is 5.10 Å². The SMILES string of the molecule is Cc1ccc(C#Cc2ccc(-c3c(CNCC4COC4)c(C(=O)NN4CCCCC4)nn3-c3ccc(Cl)cc3Cl)s2)cc1. The summed E-state index contributed by atoms with van der Waals surface area (Å²) in [6.45, 7) is 6.45. The standard InChI is InChI=1S/C33H33Cl2N5O2S/c1-22-5-7-23(8-6-22)9-11-26-12-14-30(43-26)32-27(19-36-18-24-20-42-21-24)31(33(41)38-39-15-3-2-4-16-39)37-40(32)29-13-10-25(34)17-28(29)35/h5-8,10,12-14,17,24,36H,2-4,15-16,18-21H2,1H3,(H,38,41). The molecule has 4 heterocycles. The molecule has 2 aliphatic heterocycles. The minimum atomic E-state index is -0.230. The van der Waals surface area contributed by atoms with Crippen LogP contribution in [0.1, 0.15) is 51.3 Å². The Morgan fingerprint density at radius 3 is 2.56 bits per heavy atom. The summed E-state index contributed by atoms with van der Waals surface area (Å²) in [6, 6.07) is 17.5. The third kappa shape index (κ3) is 7.15. The number of carbonyl (C=O) groups is 1. The van der Waals surface area contributed by atoms with E-state index < -0.39 is 0 Å². The fraction of sp³-hybridized carbons (Fsp3) is 0.333. The van der Waals surface area contributed by atoms with E-state index >= 15 is 0 Å². The van der Waals surface area contributed by atoms with Crippen LogP contribution in [0.5, 0.6) is 0 Å². The van der Waals surface area contributed by atoms with Crippen molar-refractivity contribution in [3.05, 3.63) is 91.9 Å². The normalized spacial score (nSPS) is 15.5. The van der Waals surface area contributed by atoms with Crippen LogP contribution in [0.3, 0.4) is 0 Å². The average molecular weight is 635 g/mol. The highest BCUT2D eigenvalue weighted by Crippen LogP contribution is 2.36. The fourth-order valence-electron chi connectivity index (χ4n) is 5.19. The maximum Gasteiger partial charge on any atom is 0.286 e. The quantitative estimate of drug-likeness (QED) is 0.217. The van der Waals surface area contributed by atoms with E-state index in [2.05, 4.69) is 41.6 Å². The van der Waals surface area contributed by atoms with Gasteiger partial charge in [-0.05, 0) is 62.2 Å². The van der Waals surface area contributed by atoms with E-state index in [1.54, 1.807) is 28.2 Å². The smallest absolute Gasteiger partial charge is 0.286 e. The number of halogens is 2. The molecule has 2 aliphatic rings. The van der Waals surface area contributed by atoms with Crippen LogP contribution in [0.25, 0.3) is 16.3 Å². The highest BCUT2D eigenvalue weighted by molar-refractivity contribution is 7.16. The summed E-state index contributed by atoms with van der Waals surface area (Å²) in [5, 5.41) is 11.4. The van der Waals surface area contributed by atoms with Gasteiger partial charge in [0.1, 0.15) is 0 Å². The van der Waals surface area contributed by atoms with Crippen molar-refractivity contribution in [2.75, 3.05) is 32.8 Å². The number of hydrogen-bond acceptors (Lipinski definition) is 6. The molecule has 222 valence electrons. The number of hydrazine groups is 1. The maximum atomic E-state index is 13.8. The molecule has 10 heteroatoms. The number of piperidine rings is 1. The molecule has 2 N–H and O–H groups in total. The van der Waals surface area contributed by atoms with Crippen LogP contribution in [0.15, 0.2) is 54.6 Å². The molecule has 43 heavy (non-hydrogen) atoms. The van der Waals surface area contributed by atoms with E-state index in [4.69, 9.17) is 33.0 Å². The van der Waals surface area contributed by atoms with E-state index in [1.165, 1.54) is 12.0 Å². The van der Waals surface area contributed by atoms with E-state index in [0.29, 0.717) is 33.9 Å². The molecule has 6 rings (SSSR count). The molecule has 0 aliphatic carbocycles. The van der Waals surface area contributed by atoms with Gasteiger partial charge in [-0.1, -0.05) is 59.2 Å². The van der Waals surface area contributed by atoms with Crippen molar-refractivity contribution >= 4 is 40.4 Å². The molecule has 0 saturated carbocycles. The number of carbonyl (C=O) groups excluding carboxylic acids is 1. The highest BCUT2D eigenvalue weighted by atomic mass is 35.5. The zero-order chi connectivity index (χ0) is 29.8. The minimum Gasteiger partial charge on any atom is -0.381 e. The van der Waals surface area contributed by atoms with Crippen molar-refractivity contribution in [3.63, 3.8) is 0 Å². The van der Waals surface area contributed by atoms with E-state index in [-0.39, 0.29) is 5.91 Å². The number of rotatable bonds is 8. The number of hydrogen-bond donors (Lipinski definition) is 2. The van der Waals surface area contributed by atoms with Crippen molar-refractivity contribution in [2.45, 2.75) is 32.7 Å². The topological polar surface area (TPSA) is 71.4 Å². The first-order valence-electron chi connectivity index (χ1n) is 14.6. The fourth-order valence-corrected chi connectivity index (χ4v) is 6.60. The van der Waals surface area contributed by atoms with Gasteiger partial charge in [0.05, 0.1) is 39.4 Å². The number of amides is 1. The highest BCUT2D eigenvalue weighted by Gasteiger charge is 2.28. The molecule has 2 aromatic carbocycles. The lowest BCUT2D eigenvalue weighted by Gasteiger charge is -2.27. The van der Waals surface area contributed by atoms with Crippen molar-refractivity contribution in [1.29, 1.82) is 0 Å². The Bertz CT molecular complexity index is 1660. The van der Waals surface area contributed by atoms with Crippen LogP contribution in [0.4, 0.5) is 0 Å². The van der Waals surface area contributed by atoms with Gasteiger partial charge in [0.2, 0.25) is 0 Å².